The van der Waals surface area contributed by atoms with Crippen LogP contribution in [0.4, 0.5) is 21.5 Å². The van der Waals surface area contributed by atoms with Crippen LogP contribution in [-0.4, -0.2) is 11.7 Å². The van der Waals surface area contributed by atoms with Crippen LogP contribution in [0.5, 0.6) is 0 Å². The summed E-state index contributed by atoms with van der Waals surface area (Å²) in [5, 5.41) is 3.16. The number of amides is 1. The second-order valence-corrected chi connectivity index (χ2v) is 5.71. The van der Waals surface area contributed by atoms with E-state index in [1.807, 2.05) is 18.2 Å². The van der Waals surface area contributed by atoms with Crippen LogP contribution in [0.3, 0.4) is 0 Å². The van der Waals surface area contributed by atoms with Gasteiger partial charge in [0.1, 0.15) is 5.69 Å². The zero-order chi connectivity index (χ0) is 18.5. The number of nitrogens with one attached hydrogen (secondary N) is 1. The molecule has 3 rings (SSSR count). The van der Waals surface area contributed by atoms with Gasteiger partial charge in [0.05, 0.1) is 5.69 Å². The van der Waals surface area contributed by atoms with E-state index in [9.17, 15) is 14.1 Å². The van der Waals surface area contributed by atoms with Crippen LogP contribution in [0.15, 0.2) is 78.9 Å². The molecule has 0 unspecified atom stereocenters. The molecule has 3 aromatic rings. The van der Waals surface area contributed by atoms with Crippen LogP contribution in [0.25, 0.3) is 0 Å². The summed E-state index contributed by atoms with van der Waals surface area (Å²) in [7, 11) is 0. The van der Waals surface area contributed by atoms with E-state index in [0.29, 0.717) is 22.5 Å². The molecule has 1 N–H and O–H groups in total. The average Bonchev–Trinajstić information content (AvgIpc) is 2.68. The Labute approximate surface area is 150 Å². The van der Waals surface area contributed by atoms with Crippen molar-refractivity contribution in [3.63, 3.8) is 0 Å². The van der Waals surface area contributed by atoms with Gasteiger partial charge < -0.3 is 5.32 Å². The average molecular weight is 348 g/mol. The Morgan fingerprint density at radius 2 is 1.38 bits per heavy atom. The number of hydrogen-bond donors (Lipinski definition) is 1. The van der Waals surface area contributed by atoms with E-state index in [4.69, 9.17) is 0 Å². The van der Waals surface area contributed by atoms with Gasteiger partial charge in [-0.15, -0.1) is 5.12 Å². The minimum absolute atomic E-state index is 0.0657. The molecule has 5 heteroatoms. The van der Waals surface area contributed by atoms with Gasteiger partial charge in [0.2, 0.25) is 0 Å². The van der Waals surface area contributed by atoms with Crippen LogP contribution in [0.1, 0.15) is 22.8 Å². The SMILES string of the molecule is CC(=O)N(F)c1ccccc1Nc1ccc(C(=O)c2ccccc2)cc1. The lowest BCUT2D eigenvalue weighted by atomic mass is 10.0. The molecule has 0 aliphatic carbocycles. The molecule has 0 atom stereocenters. The lowest BCUT2D eigenvalue weighted by Gasteiger charge is -2.16. The molecule has 3 aromatic carbocycles. The summed E-state index contributed by atoms with van der Waals surface area (Å²) < 4.78 is 14.0. The van der Waals surface area contributed by atoms with Gasteiger partial charge >= 0.3 is 0 Å². The molecule has 1 amide bonds. The second-order valence-electron chi connectivity index (χ2n) is 5.71. The fourth-order valence-electron chi connectivity index (χ4n) is 2.54. The summed E-state index contributed by atoms with van der Waals surface area (Å²) in [5.74, 6) is -0.771. The van der Waals surface area contributed by atoms with Crippen molar-refractivity contribution in [3.8, 4) is 0 Å². The first-order chi connectivity index (χ1) is 12.6. The minimum atomic E-state index is -0.706. The minimum Gasteiger partial charge on any atom is -0.354 e. The molecule has 0 aliphatic rings. The third-order valence-corrected chi connectivity index (χ3v) is 3.85. The maximum Gasteiger partial charge on any atom is 0.251 e. The van der Waals surface area contributed by atoms with Gasteiger partial charge in [0.15, 0.2) is 5.78 Å². The Kier molecular flexibility index (Phi) is 5.08. The van der Waals surface area contributed by atoms with Crippen LogP contribution in [0, 0.1) is 0 Å². The predicted molar refractivity (Wildman–Crippen MR) is 100 cm³/mol. The summed E-state index contributed by atoms with van der Waals surface area (Å²) >= 11 is 0. The Balaban J connectivity index is 1.81. The van der Waals surface area contributed by atoms with E-state index in [1.165, 1.54) is 6.07 Å². The number of carbonyl (C=O) groups is 2. The topological polar surface area (TPSA) is 49.4 Å². The highest BCUT2D eigenvalue weighted by molar-refractivity contribution is 6.09. The second kappa shape index (κ2) is 7.61. The number of carbonyl (C=O) groups excluding carboxylic acids is 2. The fourth-order valence-corrected chi connectivity index (χ4v) is 2.54. The zero-order valence-corrected chi connectivity index (χ0v) is 14.1. The van der Waals surface area contributed by atoms with Crippen molar-refractivity contribution in [3.05, 3.63) is 90.0 Å². The van der Waals surface area contributed by atoms with Gasteiger partial charge in [-0.25, -0.2) is 0 Å². The van der Waals surface area contributed by atoms with E-state index >= 15 is 0 Å². The number of hydrogen-bond acceptors (Lipinski definition) is 3. The molecule has 0 saturated heterocycles. The predicted octanol–water partition coefficient (Wildman–Crippen LogP) is 4.90. The standard InChI is InChI=1S/C21H17FN2O2/c1-15(25)24(22)20-10-6-5-9-19(20)23-18-13-11-17(12-14-18)21(26)16-7-3-2-4-8-16/h2-14,23H,1H3. The van der Waals surface area contributed by atoms with Gasteiger partial charge in [0, 0.05) is 23.7 Å². The molecule has 0 aliphatic heterocycles. The van der Waals surface area contributed by atoms with Gasteiger partial charge in [-0.1, -0.05) is 46.9 Å². The summed E-state index contributed by atoms with van der Waals surface area (Å²) in [6.45, 7) is 1.15. The maximum atomic E-state index is 14.0. The molecule has 0 fully saturated rings. The third-order valence-electron chi connectivity index (χ3n) is 3.85. The molecule has 0 bridgehead atoms. The zero-order valence-electron chi connectivity index (χ0n) is 14.1. The Morgan fingerprint density at radius 1 is 0.808 bits per heavy atom. The summed E-state index contributed by atoms with van der Waals surface area (Å²) in [5.41, 5.74) is 2.44. The molecule has 4 nitrogen and oxygen atoms in total. The van der Waals surface area contributed by atoms with Crippen molar-refractivity contribution >= 4 is 28.8 Å². The van der Waals surface area contributed by atoms with Crippen molar-refractivity contribution in [2.24, 2.45) is 0 Å². The van der Waals surface area contributed by atoms with E-state index in [-0.39, 0.29) is 16.6 Å². The maximum absolute atomic E-state index is 14.0. The first-order valence-electron chi connectivity index (χ1n) is 8.08. The molecule has 0 radical (unpaired) electrons. The molecular weight excluding hydrogens is 331 g/mol. The number of halogens is 1. The number of ketones is 1. The van der Waals surface area contributed by atoms with Crippen molar-refractivity contribution in [1.82, 2.24) is 0 Å². The monoisotopic (exact) mass is 348 g/mol. The Hall–Kier alpha value is -3.47. The highest BCUT2D eigenvalue weighted by Crippen LogP contribution is 2.29. The van der Waals surface area contributed by atoms with Gasteiger partial charge in [-0.05, 0) is 36.4 Å². The van der Waals surface area contributed by atoms with Gasteiger partial charge in [-0.3, -0.25) is 9.59 Å². The van der Waals surface area contributed by atoms with E-state index in [2.05, 4.69) is 5.32 Å². The quantitative estimate of drug-likeness (QED) is 0.527. The van der Waals surface area contributed by atoms with Crippen LogP contribution in [-0.2, 0) is 4.79 Å². The highest BCUT2D eigenvalue weighted by Gasteiger charge is 2.15. The molecule has 130 valence electrons. The molecule has 26 heavy (non-hydrogen) atoms. The molecule has 0 saturated carbocycles. The van der Waals surface area contributed by atoms with Crippen LogP contribution >= 0.6 is 0 Å². The summed E-state index contributed by atoms with van der Waals surface area (Å²) in [4.78, 5) is 23.7. The van der Waals surface area contributed by atoms with Crippen molar-refractivity contribution in [2.75, 3.05) is 10.4 Å². The number of anilines is 3. The normalized spacial score (nSPS) is 10.2. The van der Waals surface area contributed by atoms with Gasteiger partial charge in [0.25, 0.3) is 5.91 Å². The lowest BCUT2D eigenvalue weighted by Crippen LogP contribution is -2.18. The largest absolute Gasteiger partial charge is 0.354 e. The third kappa shape index (κ3) is 3.78. The molecule has 0 heterocycles. The van der Waals surface area contributed by atoms with Gasteiger partial charge in [-0.2, -0.15) is 0 Å². The number of benzene rings is 3. The van der Waals surface area contributed by atoms with Crippen molar-refractivity contribution in [1.29, 1.82) is 0 Å². The Morgan fingerprint density at radius 3 is 2.04 bits per heavy atom. The summed E-state index contributed by atoms with van der Waals surface area (Å²) in [6.07, 6.45) is 0. The first-order valence-corrected chi connectivity index (χ1v) is 8.08. The lowest BCUT2D eigenvalue weighted by molar-refractivity contribution is -0.119. The summed E-state index contributed by atoms with van der Waals surface area (Å²) in [6, 6.07) is 22.5. The number of nitrogens with zero attached hydrogens (tertiary/aromatic N) is 1. The smallest absolute Gasteiger partial charge is 0.251 e. The number of para-hydroxylation sites is 2. The van der Waals surface area contributed by atoms with E-state index < -0.39 is 5.91 Å². The van der Waals surface area contributed by atoms with Crippen molar-refractivity contribution < 1.29 is 14.1 Å². The van der Waals surface area contributed by atoms with Crippen molar-refractivity contribution in [2.45, 2.75) is 6.92 Å². The first kappa shape index (κ1) is 17.4. The molecular formula is C21H17FN2O2. The highest BCUT2D eigenvalue weighted by atomic mass is 19.2. The molecule has 0 aromatic heterocycles. The van der Waals surface area contributed by atoms with Crippen LogP contribution < -0.4 is 10.4 Å². The molecule has 0 spiro atoms. The number of rotatable bonds is 5. The fraction of sp³-hybridized carbons (Fsp3) is 0.0476. The Bertz CT molecular complexity index is 924. The van der Waals surface area contributed by atoms with E-state index in [0.717, 1.165) is 6.92 Å². The van der Waals surface area contributed by atoms with E-state index in [1.54, 1.807) is 54.6 Å². The van der Waals surface area contributed by atoms with Crippen LogP contribution in [0.2, 0.25) is 0 Å².